The van der Waals surface area contributed by atoms with Crippen molar-refractivity contribution >= 4 is 11.8 Å². The number of ketones is 1. The van der Waals surface area contributed by atoms with E-state index in [1.807, 2.05) is 13.0 Å². The first-order chi connectivity index (χ1) is 10.5. The van der Waals surface area contributed by atoms with Crippen molar-refractivity contribution in [2.75, 3.05) is 26.4 Å². The summed E-state index contributed by atoms with van der Waals surface area (Å²) in [6, 6.07) is 5.31. The monoisotopic (exact) mass is 308 g/mol. The Bertz CT molecular complexity index is 523. The van der Waals surface area contributed by atoms with Gasteiger partial charge in [-0.15, -0.1) is 0 Å². The van der Waals surface area contributed by atoms with E-state index in [2.05, 4.69) is 16.4 Å². The highest BCUT2D eigenvalue weighted by Gasteiger charge is 2.05. The molecule has 0 unspecified atom stereocenters. The summed E-state index contributed by atoms with van der Waals surface area (Å²) < 4.78 is 10.7. The van der Waals surface area contributed by atoms with Gasteiger partial charge < -0.3 is 9.47 Å². The van der Waals surface area contributed by atoms with Gasteiger partial charge >= 0.3 is 5.97 Å². The van der Waals surface area contributed by atoms with Crippen LogP contribution < -0.4 is 4.74 Å². The predicted octanol–water partition coefficient (Wildman–Crippen LogP) is 2.25. The smallest absolute Gasteiger partial charge is 0.365 e. The van der Waals surface area contributed by atoms with E-state index in [-0.39, 0.29) is 19.0 Å². The average molecular weight is 308 g/mol. The minimum atomic E-state index is -0.646. The van der Waals surface area contributed by atoms with E-state index >= 15 is 0 Å². The summed E-state index contributed by atoms with van der Waals surface area (Å²) >= 11 is 0. The maximum absolute atomic E-state index is 11.3. The molecule has 1 aromatic rings. The molecule has 1 rings (SSSR count). The quantitative estimate of drug-likeness (QED) is 0.217. The lowest BCUT2D eigenvalue weighted by Crippen LogP contribution is -2.12. The van der Waals surface area contributed by atoms with E-state index in [0.717, 1.165) is 11.6 Å². The lowest BCUT2D eigenvalue weighted by molar-refractivity contribution is -0.271. The molecule has 0 saturated carbocycles. The van der Waals surface area contributed by atoms with E-state index in [1.165, 1.54) is 6.92 Å². The fourth-order valence-corrected chi connectivity index (χ4v) is 1.67. The van der Waals surface area contributed by atoms with Gasteiger partial charge in [0.2, 0.25) is 0 Å². The molecule has 0 N–H and O–H groups in total. The molecule has 6 heteroatoms. The van der Waals surface area contributed by atoms with Crippen LogP contribution >= 0.6 is 0 Å². The first-order valence-electron chi connectivity index (χ1n) is 6.82. The molecular formula is C16H20O6. The van der Waals surface area contributed by atoms with Gasteiger partial charge in [-0.3, -0.25) is 9.68 Å². The Kier molecular flexibility index (Phi) is 7.88. The molecule has 0 heterocycles. The van der Waals surface area contributed by atoms with Crippen LogP contribution in [0.15, 0.2) is 30.9 Å². The molecule has 0 fully saturated rings. The largest absolute Gasteiger partial charge is 0.491 e. The van der Waals surface area contributed by atoms with Crippen LogP contribution in [0.1, 0.15) is 22.8 Å². The third-order valence-electron chi connectivity index (χ3n) is 2.69. The number of ether oxygens (including phenoxy) is 2. The molecule has 0 amide bonds. The SMILES string of the molecule is C=CC(=O)OOCCOCCOc1ccc(C(C)=O)c(C)c1. The maximum atomic E-state index is 11.3. The van der Waals surface area contributed by atoms with Crippen LogP contribution in [0, 0.1) is 6.92 Å². The van der Waals surface area contributed by atoms with Crippen molar-refractivity contribution < 1.29 is 28.8 Å². The summed E-state index contributed by atoms with van der Waals surface area (Å²) in [5.74, 6) is 0.0690. The van der Waals surface area contributed by atoms with Crippen LogP contribution in [0.2, 0.25) is 0 Å². The van der Waals surface area contributed by atoms with Gasteiger partial charge in [-0.1, -0.05) is 6.58 Å². The van der Waals surface area contributed by atoms with Gasteiger partial charge in [-0.25, -0.2) is 4.79 Å². The summed E-state index contributed by atoms with van der Waals surface area (Å²) in [5.41, 5.74) is 1.57. The topological polar surface area (TPSA) is 71.1 Å². The Balaban J connectivity index is 2.15. The Morgan fingerprint density at radius 3 is 2.55 bits per heavy atom. The first-order valence-corrected chi connectivity index (χ1v) is 6.82. The van der Waals surface area contributed by atoms with Gasteiger partial charge in [0.25, 0.3) is 0 Å². The summed E-state index contributed by atoms with van der Waals surface area (Å²) in [6.45, 7) is 7.76. The molecule has 0 aliphatic heterocycles. The zero-order valence-corrected chi connectivity index (χ0v) is 12.8. The minimum Gasteiger partial charge on any atom is -0.491 e. The fourth-order valence-electron chi connectivity index (χ4n) is 1.67. The molecule has 0 atom stereocenters. The van der Waals surface area contributed by atoms with E-state index in [9.17, 15) is 9.59 Å². The number of carbonyl (C=O) groups is 2. The highest BCUT2D eigenvalue weighted by Crippen LogP contribution is 2.17. The molecule has 0 bridgehead atoms. The van der Waals surface area contributed by atoms with Gasteiger partial charge in [0, 0.05) is 11.6 Å². The van der Waals surface area contributed by atoms with Gasteiger partial charge in [-0.2, -0.15) is 4.89 Å². The van der Waals surface area contributed by atoms with Crippen molar-refractivity contribution in [2.24, 2.45) is 0 Å². The third-order valence-corrected chi connectivity index (χ3v) is 2.69. The Labute approximate surface area is 129 Å². The van der Waals surface area contributed by atoms with Crippen LogP contribution in [-0.4, -0.2) is 38.2 Å². The van der Waals surface area contributed by atoms with Crippen molar-refractivity contribution in [3.05, 3.63) is 42.0 Å². The summed E-state index contributed by atoms with van der Waals surface area (Å²) in [6.07, 6.45) is 1.01. The number of aryl methyl sites for hydroxylation is 1. The van der Waals surface area contributed by atoms with Gasteiger partial charge in [0.15, 0.2) is 5.78 Å². The molecule has 22 heavy (non-hydrogen) atoms. The van der Waals surface area contributed by atoms with Crippen molar-refractivity contribution in [2.45, 2.75) is 13.8 Å². The highest BCUT2D eigenvalue weighted by molar-refractivity contribution is 5.95. The second kappa shape index (κ2) is 9.70. The molecule has 0 aromatic heterocycles. The molecule has 0 aliphatic carbocycles. The maximum Gasteiger partial charge on any atom is 0.365 e. The van der Waals surface area contributed by atoms with Crippen LogP contribution in [0.4, 0.5) is 0 Å². The first kappa shape index (κ1) is 17.9. The Morgan fingerprint density at radius 2 is 1.91 bits per heavy atom. The number of rotatable bonds is 10. The Morgan fingerprint density at radius 1 is 1.18 bits per heavy atom. The van der Waals surface area contributed by atoms with Crippen molar-refractivity contribution in [1.29, 1.82) is 0 Å². The van der Waals surface area contributed by atoms with Crippen LogP contribution in [0.25, 0.3) is 0 Å². The van der Waals surface area contributed by atoms with Gasteiger partial charge in [-0.05, 0) is 37.6 Å². The second-order valence-corrected chi connectivity index (χ2v) is 4.42. The van der Waals surface area contributed by atoms with E-state index in [0.29, 0.717) is 24.5 Å². The molecule has 1 aromatic carbocycles. The average Bonchev–Trinajstić information content (AvgIpc) is 2.49. The summed E-state index contributed by atoms with van der Waals surface area (Å²) in [4.78, 5) is 30.9. The third kappa shape index (κ3) is 6.51. The van der Waals surface area contributed by atoms with Gasteiger partial charge in [0.1, 0.15) is 19.0 Å². The van der Waals surface area contributed by atoms with Crippen LogP contribution in [-0.2, 0) is 19.3 Å². The molecule has 0 radical (unpaired) electrons. The molecule has 0 spiro atoms. The molecule has 0 saturated heterocycles. The number of benzene rings is 1. The zero-order chi connectivity index (χ0) is 16.4. The lowest BCUT2D eigenvalue weighted by atomic mass is 10.1. The predicted molar refractivity (Wildman–Crippen MR) is 79.7 cm³/mol. The number of carbonyl (C=O) groups excluding carboxylic acids is 2. The van der Waals surface area contributed by atoms with Crippen LogP contribution in [0.5, 0.6) is 5.75 Å². The summed E-state index contributed by atoms with van der Waals surface area (Å²) in [7, 11) is 0. The molecule has 120 valence electrons. The van der Waals surface area contributed by atoms with Crippen LogP contribution in [0.3, 0.4) is 0 Å². The van der Waals surface area contributed by atoms with Crippen molar-refractivity contribution in [3.63, 3.8) is 0 Å². The van der Waals surface area contributed by atoms with Crippen molar-refractivity contribution in [1.82, 2.24) is 0 Å². The molecule has 6 nitrogen and oxygen atoms in total. The van der Waals surface area contributed by atoms with Gasteiger partial charge in [0.05, 0.1) is 13.2 Å². The molecular weight excluding hydrogens is 288 g/mol. The lowest BCUT2D eigenvalue weighted by Gasteiger charge is -2.09. The number of hydrogen-bond acceptors (Lipinski definition) is 6. The number of Topliss-reactive ketones (excluding diaryl/α,β-unsaturated/α-hetero) is 1. The van der Waals surface area contributed by atoms with E-state index in [4.69, 9.17) is 9.47 Å². The van der Waals surface area contributed by atoms with E-state index in [1.54, 1.807) is 12.1 Å². The summed E-state index contributed by atoms with van der Waals surface area (Å²) in [5, 5.41) is 0. The minimum absolute atomic E-state index is 0.0320. The van der Waals surface area contributed by atoms with E-state index < -0.39 is 5.97 Å². The normalized spacial score (nSPS) is 10.1. The zero-order valence-electron chi connectivity index (χ0n) is 12.8. The second-order valence-electron chi connectivity index (χ2n) is 4.42. The standard InChI is InChI=1S/C16H20O6/c1-4-16(18)22-21-10-8-19-7-9-20-14-5-6-15(13(3)17)12(2)11-14/h4-6,11H,1,7-10H2,2-3H3. The highest BCUT2D eigenvalue weighted by atomic mass is 17.2. The Hall–Kier alpha value is -2.18. The molecule has 0 aliphatic rings. The fraction of sp³-hybridized carbons (Fsp3) is 0.375. The van der Waals surface area contributed by atoms with Crippen molar-refractivity contribution in [3.8, 4) is 5.75 Å². The number of hydrogen-bond donors (Lipinski definition) is 0.